The van der Waals surface area contributed by atoms with Crippen molar-refractivity contribution in [1.29, 1.82) is 0 Å². The number of halogens is 3. The molecule has 0 aromatic carbocycles. The number of allylic oxidation sites excluding steroid dienone is 1. The highest BCUT2D eigenvalue weighted by Crippen LogP contribution is 2.33. The number of aliphatic hydroxyl groups is 2. The molecule has 0 amide bonds. The molecule has 1 saturated heterocycles. The first-order chi connectivity index (χ1) is 9.97. The minimum atomic E-state index is -0.633. The summed E-state index contributed by atoms with van der Waals surface area (Å²) in [5.41, 5.74) is 2.78. The van der Waals surface area contributed by atoms with E-state index in [0.717, 1.165) is 0 Å². The van der Waals surface area contributed by atoms with Crippen LogP contribution in [-0.4, -0.2) is 44.8 Å². The third-order valence-electron chi connectivity index (χ3n) is 3.32. The Kier molecular flexibility index (Phi) is 9.46. The SMILES string of the molecule is C/C=C/[C@@H](O)C[C@H](Br)[C@@H]1C[C@@H](Cl)[C@@H](C[C@H](O)C=C=CBr)O1. The molecule has 0 unspecified atom stereocenters. The molecule has 6 atom stereocenters. The van der Waals surface area contributed by atoms with E-state index in [0.29, 0.717) is 19.3 Å². The van der Waals surface area contributed by atoms with Crippen molar-refractivity contribution in [3.05, 3.63) is 28.9 Å². The van der Waals surface area contributed by atoms with E-state index in [2.05, 4.69) is 37.6 Å². The maximum atomic E-state index is 9.84. The minimum absolute atomic E-state index is 0.0325. The molecule has 21 heavy (non-hydrogen) atoms. The standard InChI is InChI=1S/C15H21Br2ClO3/c1-2-4-10(19)7-12(17)14-9-13(18)15(21-14)8-11(20)5-3-6-16/h2,4-6,10-15,19-20H,7-9H2,1H3/b4-2+/t3?,10-,11-,12+,13-,14+,15-/m1/s1. The monoisotopic (exact) mass is 442 g/mol. The van der Waals surface area contributed by atoms with E-state index in [1.54, 1.807) is 17.1 Å². The summed E-state index contributed by atoms with van der Waals surface area (Å²) >= 11 is 13.0. The van der Waals surface area contributed by atoms with E-state index in [9.17, 15) is 10.2 Å². The van der Waals surface area contributed by atoms with Crippen LogP contribution in [0.3, 0.4) is 0 Å². The van der Waals surface area contributed by atoms with Gasteiger partial charge in [0.15, 0.2) is 0 Å². The van der Waals surface area contributed by atoms with Gasteiger partial charge in [-0.2, -0.15) is 0 Å². The Balaban J connectivity index is 2.49. The topological polar surface area (TPSA) is 49.7 Å². The van der Waals surface area contributed by atoms with Gasteiger partial charge in [0.25, 0.3) is 0 Å². The van der Waals surface area contributed by atoms with Gasteiger partial charge >= 0.3 is 0 Å². The van der Waals surface area contributed by atoms with Crippen molar-refractivity contribution in [3.8, 4) is 0 Å². The summed E-state index contributed by atoms with van der Waals surface area (Å²) in [4.78, 5) is 1.59. The first kappa shape index (κ1) is 19.4. The number of aliphatic hydroxyl groups excluding tert-OH is 2. The van der Waals surface area contributed by atoms with Crippen LogP contribution in [0.4, 0.5) is 0 Å². The highest BCUT2D eigenvalue weighted by atomic mass is 79.9. The van der Waals surface area contributed by atoms with Gasteiger partial charge in [0.05, 0.1) is 29.8 Å². The highest BCUT2D eigenvalue weighted by molar-refractivity contribution is 9.11. The molecule has 0 spiro atoms. The van der Waals surface area contributed by atoms with Crippen LogP contribution in [-0.2, 0) is 4.74 Å². The van der Waals surface area contributed by atoms with E-state index >= 15 is 0 Å². The highest BCUT2D eigenvalue weighted by Gasteiger charge is 2.38. The second-order valence-electron chi connectivity index (χ2n) is 5.06. The van der Waals surface area contributed by atoms with Gasteiger partial charge in [-0.05, 0) is 25.8 Å². The first-order valence-electron chi connectivity index (χ1n) is 6.91. The van der Waals surface area contributed by atoms with E-state index in [-0.39, 0.29) is 22.4 Å². The van der Waals surface area contributed by atoms with Crippen LogP contribution in [0.25, 0.3) is 0 Å². The van der Waals surface area contributed by atoms with Crippen molar-refractivity contribution >= 4 is 43.5 Å². The summed E-state index contributed by atoms with van der Waals surface area (Å²) in [5, 5.41) is 19.5. The average molecular weight is 445 g/mol. The first-order valence-corrected chi connectivity index (χ1v) is 9.18. The van der Waals surface area contributed by atoms with Crippen LogP contribution in [0.15, 0.2) is 28.9 Å². The largest absolute Gasteiger partial charge is 0.389 e. The number of alkyl halides is 2. The molecular formula is C15H21Br2ClO3. The van der Waals surface area contributed by atoms with Crippen LogP contribution >= 0.6 is 43.5 Å². The molecule has 1 heterocycles. The lowest BCUT2D eigenvalue weighted by atomic mass is 10.0. The van der Waals surface area contributed by atoms with E-state index < -0.39 is 12.2 Å². The smallest absolute Gasteiger partial charge is 0.0819 e. The van der Waals surface area contributed by atoms with E-state index in [1.165, 1.54) is 0 Å². The van der Waals surface area contributed by atoms with E-state index in [1.807, 2.05) is 13.0 Å². The lowest BCUT2D eigenvalue weighted by Crippen LogP contribution is -2.26. The summed E-state index contributed by atoms with van der Waals surface area (Å²) < 4.78 is 5.92. The molecule has 0 aromatic heterocycles. The van der Waals surface area contributed by atoms with Crippen molar-refractivity contribution in [2.24, 2.45) is 0 Å². The quantitative estimate of drug-likeness (QED) is 0.358. The maximum absolute atomic E-state index is 9.84. The molecule has 1 fully saturated rings. The molecule has 120 valence electrons. The second-order valence-corrected chi connectivity index (χ2v) is 7.25. The average Bonchev–Trinajstić information content (AvgIpc) is 2.78. The number of ether oxygens (including phenoxy) is 1. The third kappa shape index (κ3) is 7.00. The molecule has 0 saturated carbocycles. The zero-order valence-corrected chi connectivity index (χ0v) is 15.8. The fourth-order valence-electron chi connectivity index (χ4n) is 2.31. The minimum Gasteiger partial charge on any atom is -0.389 e. The van der Waals surface area contributed by atoms with Crippen LogP contribution in [0.5, 0.6) is 0 Å². The molecule has 0 bridgehead atoms. The normalized spacial score (nSPS) is 29.9. The van der Waals surface area contributed by atoms with Gasteiger partial charge < -0.3 is 14.9 Å². The third-order valence-corrected chi connectivity index (χ3v) is 5.01. The summed E-state index contributed by atoms with van der Waals surface area (Å²) in [5.74, 6) is 0. The molecule has 6 heteroatoms. The van der Waals surface area contributed by atoms with Gasteiger partial charge in [-0.3, -0.25) is 0 Å². The lowest BCUT2D eigenvalue weighted by molar-refractivity contribution is 0.0175. The van der Waals surface area contributed by atoms with Crippen molar-refractivity contribution < 1.29 is 14.9 Å². The predicted octanol–water partition coefficient (Wildman–Crippen LogP) is 3.66. The van der Waals surface area contributed by atoms with Gasteiger partial charge in [0.2, 0.25) is 0 Å². The van der Waals surface area contributed by atoms with Gasteiger partial charge in [-0.1, -0.05) is 44.0 Å². The van der Waals surface area contributed by atoms with Gasteiger partial charge in [-0.25, -0.2) is 0 Å². The Morgan fingerprint density at radius 1 is 1.43 bits per heavy atom. The lowest BCUT2D eigenvalue weighted by Gasteiger charge is -2.20. The van der Waals surface area contributed by atoms with Crippen LogP contribution in [0, 0.1) is 0 Å². The molecule has 0 aromatic rings. The molecule has 1 aliphatic rings. The Morgan fingerprint density at radius 3 is 2.76 bits per heavy atom. The molecule has 2 N–H and O–H groups in total. The van der Waals surface area contributed by atoms with Gasteiger partial charge in [-0.15, -0.1) is 17.3 Å². The summed E-state index contributed by atoms with van der Waals surface area (Å²) in [6, 6.07) is 0. The summed E-state index contributed by atoms with van der Waals surface area (Å²) in [6.07, 6.45) is 5.48. The van der Waals surface area contributed by atoms with E-state index in [4.69, 9.17) is 16.3 Å². The number of hydrogen-bond acceptors (Lipinski definition) is 3. The molecule has 0 aliphatic carbocycles. The molecule has 0 radical (unpaired) electrons. The molecule has 3 nitrogen and oxygen atoms in total. The Morgan fingerprint density at radius 2 is 2.14 bits per heavy atom. The summed E-state index contributed by atoms with van der Waals surface area (Å²) in [6.45, 7) is 1.87. The van der Waals surface area contributed by atoms with Crippen molar-refractivity contribution in [3.63, 3.8) is 0 Å². The zero-order chi connectivity index (χ0) is 15.8. The van der Waals surface area contributed by atoms with Crippen molar-refractivity contribution in [1.82, 2.24) is 0 Å². The molecular weight excluding hydrogens is 423 g/mol. The molecule has 1 aliphatic heterocycles. The van der Waals surface area contributed by atoms with Gasteiger partial charge in [0.1, 0.15) is 0 Å². The number of rotatable bonds is 7. The fourth-order valence-corrected chi connectivity index (χ4v) is 3.53. The summed E-state index contributed by atoms with van der Waals surface area (Å²) in [7, 11) is 0. The molecule has 1 rings (SSSR count). The Bertz CT molecular complexity index is 396. The van der Waals surface area contributed by atoms with Crippen molar-refractivity contribution in [2.45, 2.75) is 60.8 Å². The van der Waals surface area contributed by atoms with Crippen molar-refractivity contribution in [2.75, 3.05) is 0 Å². The fraction of sp³-hybridized carbons (Fsp3) is 0.667. The predicted molar refractivity (Wildman–Crippen MR) is 93.3 cm³/mol. The van der Waals surface area contributed by atoms with Crippen LogP contribution in [0.2, 0.25) is 0 Å². The van der Waals surface area contributed by atoms with Crippen LogP contribution in [0.1, 0.15) is 26.2 Å². The Labute approximate surface area is 148 Å². The second kappa shape index (κ2) is 10.2. The van der Waals surface area contributed by atoms with Gasteiger partial charge in [0, 0.05) is 16.2 Å². The number of hydrogen-bond donors (Lipinski definition) is 2. The Hall–Kier alpha value is 0.390. The van der Waals surface area contributed by atoms with Crippen LogP contribution < -0.4 is 0 Å². The zero-order valence-electron chi connectivity index (χ0n) is 11.8. The maximum Gasteiger partial charge on any atom is 0.0819 e.